The Labute approximate surface area is 242 Å². The Morgan fingerprint density at radius 2 is 1.78 bits per heavy atom. The molecular weight excluding hydrogens is 514 g/mol. The monoisotopic (exact) mass is 553 g/mol. The summed E-state index contributed by atoms with van der Waals surface area (Å²) in [6.45, 7) is 4.75. The second-order valence-electron chi connectivity index (χ2n) is 10.6. The largest absolute Gasteiger partial charge is 0.507 e. The second-order valence-corrected chi connectivity index (χ2v) is 10.6. The van der Waals surface area contributed by atoms with Gasteiger partial charge in [-0.2, -0.15) is 0 Å². The smallest absolute Gasteiger partial charge is 0.341 e. The van der Waals surface area contributed by atoms with Crippen LogP contribution in [0.3, 0.4) is 0 Å². The summed E-state index contributed by atoms with van der Waals surface area (Å²) in [4.78, 5) is 19.9. The van der Waals surface area contributed by atoms with Gasteiger partial charge < -0.3 is 19.1 Å². The van der Waals surface area contributed by atoms with Crippen LogP contribution >= 0.6 is 0 Å². The lowest BCUT2D eigenvalue weighted by Gasteiger charge is -2.36. The van der Waals surface area contributed by atoms with E-state index in [2.05, 4.69) is 52.8 Å². The fourth-order valence-electron chi connectivity index (χ4n) is 5.78. The van der Waals surface area contributed by atoms with E-state index in [1.807, 2.05) is 24.3 Å². The van der Waals surface area contributed by atoms with Gasteiger partial charge >= 0.3 is 5.97 Å². The number of nitrogens with zero attached hydrogens (tertiary/aromatic N) is 3. The normalized spacial score (nSPS) is 15.5. The molecule has 214 valence electrons. The van der Waals surface area contributed by atoms with Gasteiger partial charge in [-0.25, -0.2) is 9.78 Å². The summed E-state index contributed by atoms with van der Waals surface area (Å²) in [5.74, 6) is 1.22. The summed E-state index contributed by atoms with van der Waals surface area (Å²) < 4.78 is 12.7. The maximum atomic E-state index is 12.1. The van der Waals surface area contributed by atoms with Crippen LogP contribution in [0.1, 0.15) is 66.7 Å². The van der Waals surface area contributed by atoms with Crippen molar-refractivity contribution < 1.29 is 19.4 Å². The number of methoxy groups -OCH3 is 2. The number of imidazole rings is 1. The van der Waals surface area contributed by atoms with Crippen LogP contribution in [-0.4, -0.2) is 46.3 Å². The summed E-state index contributed by atoms with van der Waals surface area (Å²) in [5, 5.41) is 10.7. The Hall–Kier alpha value is -4.10. The second kappa shape index (κ2) is 13.0. The van der Waals surface area contributed by atoms with Gasteiger partial charge in [-0.05, 0) is 67.8 Å². The van der Waals surface area contributed by atoms with E-state index in [4.69, 9.17) is 14.5 Å². The average Bonchev–Trinajstić information content (AvgIpc) is 3.38. The van der Waals surface area contributed by atoms with Gasteiger partial charge in [0, 0.05) is 30.3 Å². The minimum atomic E-state index is -0.535. The molecule has 2 heterocycles. The number of carbonyl (C=O) groups is 1. The van der Waals surface area contributed by atoms with Gasteiger partial charge in [0.2, 0.25) is 0 Å². The standard InChI is InChI=1S/C34H39N3O4/c1-4-5-21-37-30(23-36-20-10-9-13-29(36)26-16-19-28(31(38)22-26)34(39)41-3)32(24-14-17-27(40-2)18-15-24)35-33(37)25-11-7-6-8-12-25/h6-8,11-12,14-19,22,29,38H,4-5,9-10,13,20-21,23H2,1-3H3. The van der Waals surface area contributed by atoms with E-state index in [-0.39, 0.29) is 17.4 Å². The zero-order chi connectivity index (χ0) is 28.8. The number of rotatable bonds is 10. The molecule has 1 aliphatic rings. The van der Waals surface area contributed by atoms with E-state index in [0.717, 1.165) is 85.7 Å². The molecule has 1 unspecified atom stereocenters. The molecular formula is C34H39N3O4. The number of hydrogen-bond acceptors (Lipinski definition) is 6. The highest BCUT2D eigenvalue weighted by molar-refractivity contribution is 5.92. The molecule has 0 saturated carbocycles. The van der Waals surface area contributed by atoms with E-state index in [1.165, 1.54) is 12.8 Å². The minimum absolute atomic E-state index is 0.0434. The lowest BCUT2D eigenvalue weighted by Crippen LogP contribution is -2.34. The number of phenolic OH excluding ortho intramolecular Hbond substituents is 1. The number of carbonyl (C=O) groups excluding carboxylic acids is 1. The summed E-state index contributed by atoms with van der Waals surface area (Å²) in [5.41, 5.74) is 5.51. The van der Waals surface area contributed by atoms with Crippen molar-refractivity contribution in [1.29, 1.82) is 0 Å². The number of aromatic hydroxyl groups is 1. The van der Waals surface area contributed by atoms with Crippen molar-refractivity contribution in [2.75, 3.05) is 20.8 Å². The number of esters is 1. The Balaban J connectivity index is 1.59. The lowest BCUT2D eigenvalue weighted by molar-refractivity contribution is 0.0597. The van der Waals surface area contributed by atoms with E-state index in [1.54, 1.807) is 19.2 Å². The average molecular weight is 554 g/mol. The van der Waals surface area contributed by atoms with Crippen LogP contribution < -0.4 is 4.74 Å². The van der Waals surface area contributed by atoms with E-state index in [9.17, 15) is 9.90 Å². The van der Waals surface area contributed by atoms with Crippen LogP contribution in [0.5, 0.6) is 11.5 Å². The molecule has 7 heteroatoms. The van der Waals surface area contributed by atoms with Crippen molar-refractivity contribution >= 4 is 5.97 Å². The molecule has 1 N–H and O–H groups in total. The zero-order valence-electron chi connectivity index (χ0n) is 24.2. The molecule has 41 heavy (non-hydrogen) atoms. The van der Waals surface area contributed by atoms with E-state index in [0.29, 0.717) is 0 Å². The van der Waals surface area contributed by atoms with E-state index < -0.39 is 5.97 Å². The fraction of sp³-hybridized carbons (Fsp3) is 0.353. The molecule has 0 amide bonds. The predicted molar refractivity (Wildman–Crippen MR) is 161 cm³/mol. The molecule has 7 nitrogen and oxygen atoms in total. The fourth-order valence-corrected chi connectivity index (χ4v) is 5.78. The maximum Gasteiger partial charge on any atom is 0.341 e. The van der Waals surface area contributed by atoms with Crippen molar-refractivity contribution in [2.24, 2.45) is 0 Å². The van der Waals surface area contributed by atoms with E-state index >= 15 is 0 Å². The lowest BCUT2D eigenvalue weighted by atomic mass is 9.93. The van der Waals surface area contributed by atoms with Crippen LogP contribution in [0.15, 0.2) is 72.8 Å². The molecule has 1 atom stereocenters. The number of ether oxygens (including phenoxy) is 2. The van der Waals surface area contributed by atoms with Crippen LogP contribution in [-0.2, 0) is 17.8 Å². The molecule has 1 aliphatic heterocycles. The van der Waals surface area contributed by atoms with Crippen LogP contribution in [0.4, 0.5) is 0 Å². The number of piperidine rings is 1. The molecule has 3 aromatic carbocycles. The first kappa shape index (κ1) is 28.4. The van der Waals surface area contributed by atoms with Gasteiger partial charge in [0.1, 0.15) is 22.9 Å². The number of hydrogen-bond donors (Lipinski definition) is 1. The summed E-state index contributed by atoms with van der Waals surface area (Å²) >= 11 is 0. The number of unbranched alkanes of at least 4 members (excludes halogenated alkanes) is 1. The highest BCUT2D eigenvalue weighted by Gasteiger charge is 2.29. The SMILES string of the molecule is CCCCn1c(-c2ccccc2)nc(-c2ccc(OC)cc2)c1CN1CCCCC1c1ccc(C(=O)OC)c(O)c1. The highest BCUT2D eigenvalue weighted by Crippen LogP contribution is 2.38. The third kappa shape index (κ3) is 6.15. The first-order chi connectivity index (χ1) is 20.0. The molecule has 0 bridgehead atoms. The van der Waals surface area contributed by atoms with Crippen LogP contribution in [0.2, 0.25) is 0 Å². The van der Waals surface area contributed by atoms with Crippen molar-refractivity contribution in [3.63, 3.8) is 0 Å². The van der Waals surface area contributed by atoms with Crippen LogP contribution in [0, 0.1) is 0 Å². The Kier molecular flexibility index (Phi) is 9.04. The summed E-state index contributed by atoms with van der Waals surface area (Å²) in [6.07, 6.45) is 5.33. The Morgan fingerprint density at radius 1 is 1.00 bits per heavy atom. The minimum Gasteiger partial charge on any atom is -0.507 e. The maximum absolute atomic E-state index is 12.1. The van der Waals surface area contributed by atoms with Gasteiger partial charge in [0.25, 0.3) is 0 Å². The van der Waals surface area contributed by atoms with Gasteiger partial charge in [-0.15, -0.1) is 0 Å². The van der Waals surface area contributed by atoms with Gasteiger partial charge in [0.05, 0.1) is 25.6 Å². The molecule has 1 saturated heterocycles. The van der Waals surface area contributed by atoms with Gasteiger partial charge in [-0.1, -0.05) is 56.2 Å². The van der Waals surface area contributed by atoms with Crippen LogP contribution in [0.25, 0.3) is 22.6 Å². The first-order valence-electron chi connectivity index (χ1n) is 14.5. The molecule has 0 aliphatic carbocycles. The molecule has 0 spiro atoms. The van der Waals surface area contributed by atoms with Crippen molar-refractivity contribution in [2.45, 2.75) is 58.2 Å². The number of aromatic nitrogens is 2. The van der Waals surface area contributed by atoms with Crippen molar-refractivity contribution in [1.82, 2.24) is 14.5 Å². The Bertz CT molecular complexity index is 1460. The quantitative estimate of drug-likeness (QED) is 0.209. The van der Waals surface area contributed by atoms with Crippen molar-refractivity contribution in [3.8, 4) is 34.1 Å². The van der Waals surface area contributed by atoms with Crippen molar-refractivity contribution in [3.05, 3.63) is 89.6 Å². The predicted octanol–water partition coefficient (Wildman–Crippen LogP) is 7.25. The van der Waals surface area contributed by atoms with Gasteiger partial charge in [-0.3, -0.25) is 4.90 Å². The summed E-state index contributed by atoms with van der Waals surface area (Å²) in [7, 11) is 3.00. The number of benzene rings is 3. The molecule has 1 fully saturated rings. The molecule has 1 aromatic heterocycles. The number of likely N-dealkylation sites (tertiary alicyclic amines) is 1. The molecule has 5 rings (SSSR count). The molecule has 4 aromatic rings. The molecule has 0 radical (unpaired) electrons. The topological polar surface area (TPSA) is 76.8 Å². The zero-order valence-corrected chi connectivity index (χ0v) is 24.2. The summed E-state index contributed by atoms with van der Waals surface area (Å²) in [6, 6.07) is 24.0. The highest BCUT2D eigenvalue weighted by atomic mass is 16.5. The van der Waals surface area contributed by atoms with Gasteiger partial charge in [0.15, 0.2) is 0 Å². The number of phenols is 1. The first-order valence-corrected chi connectivity index (χ1v) is 14.5. The Morgan fingerprint density at radius 3 is 2.46 bits per heavy atom. The third-order valence-corrected chi connectivity index (χ3v) is 7.98. The third-order valence-electron chi connectivity index (χ3n) is 7.98.